The summed E-state index contributed by atoms with van der Waals surface area (Å²) in [6, 6.07) is -0.223. The van der Waals surface area contributed by atoms with Crippen LogP contribution in [0.4, 0.5) is 28.7 Å². The van der Waals surface area contributed by atoms with Gasteiger partial charge >= 0.3 is 18.3 Å². The summed E-state index contributed by atoms with van der Waals surface area (Å²) in [5.41, 5.74) is -1.38. The van der Waals surface area contributed by atoms with Gasteiger partial charge in [0, 0.05) is 57.2 Å². The zero-order valence-electron chi connectivity index (χ0n) is 17.9. The Bertz CT molecular complexity index is 744. The Kier molecular flexibility index (Phi) is 7.91. The lowest BCUT2D eigenvalue weighted by Crippen LogP contribution is -2.52. The van der Waals surface area contributed by atoms with Crippen LogP contribution in [0.3, 0.4) is 0 Å². The molecule has 0 atom stereocenters. The van der Waals surface area contributed by atoms with E-state index in [0.29, 0.717) is 52.1 Å². The Labute approximate surface area is 179 Å². The highest BCUT2D eigenvalue weighted by molar-refractivity contribution is 5.74. The minimum atomic E-state index is -4.48. The largest absolute Gasteiger partial charge is 0.465 e. The number of nitrogens with one attached hydrogen (secondary N) is 1. The number of carbonyl (C=O) groups excluding carboxylic acids is 1. The van der Waals surface area contributed by atoms with Crippen molar-refractivity contribution in [2.24, 2.45) is 0 Å². The van der Waals surface area contributed by atoms with Crippen molar-refractivity contribution in [3.63, 3.8) is 0 Å². The number of carbonyl (C=O) groups is 2. The molecule has 31 heavy (non-hydrogen) atoms. The lowest BCUT2D eigenvalue weighted by molar-refractivity contribution is -0.138. The van der Waals surface area contributed by atoms with Crippen LogP contribution in [0.15, 0.2) is 12.4 Å². The van der Waals surface area contributed by atoms with Gasteiger partial charge < -0.3 is 25.1 Å². The van der Waals surface area contributed by atoms with Gasteiger partial charge in [-0.15, -0.1) is 0 Å². The molecule has 1 saturated heterocycles. The van der Waals surface area contributed by atoms with E-state index in [1.165, 1.54) is 4.90 Å². The molecule has 2 rings (SSSR count). The van der Waals surface area contributed by atoms with Crippen molar-refractivity contribution < 1.29 is 27.9 Å². The van der Waals surface area contributed by atoms with Crippen molar-refractivity contribution >= 4 is 18.1 Å². The van der Waals surface area contributed by atoms with Gasteiger partial charge in [0.25, 0.3) is 0 Å². The Morgan fingerprint density at radius 1 is 1.10 bits per heavy atom. The molecule has 0 saturated carbocycles. The molecule has 0 spiro atoms. The van der Waals surface area contributed by atoms with Crippen molar-refractivity contribution in [1.82, 2.24) is 25.1 Å². The molecule has 0 radical (unpaired) electrons. The Balaban J connectivity index is 1.71. The third-order valence-corrected chi connectivity index (χ3v) is 4.94. The fourth-order valence-corrected chi connectivity index (χ4v) is 3.16. The van der Waals surface area contributed by atoms with E-state index >= 15 is 0 Å². The molecule has 2 heterocycles. The molecule has 0 bridgehead atoms. The smallest absolute Gasteiger partial charge is 0.419 e. The molecule has 3 amide bonds. The number of anilines is 1. The highest BCUT2D eigenvalue weighted by Crippen LogP contribution is 2.28. The Morgan fingerprint density at radius 2 is 1.68 bits per heavy atom. The predicted molar refractivity (Wildman–Crippen MR) is 108 cm³/mol. The summed E-state index contributed by atoms with van der Waals surface area (Å²) < 4.78 is 37.8. The molecule has 1 aromatic heterocycles. The molecule has 174 valence electrons. The zero-order chi connectivity index (χ0) is 23.2. The maximum absolute atomic E-state index is 12.6. The van der Waals surface area contributed by atoms with Gasteiger partial charge in [-0.25, -0.2) is 19.6 Å². The number of carboxylic acid groups (broad SMARTS) is 1. The van der Waals surface area contributed by atoms with Crippen molar-refractivity contribution in [2.45, 2.75) is 45.3 Å². The van der Waals surface area contributed by atoms with Crippen LogP contribution in [0.2, 0.25) is 0 Å². The first-order valence-corrected chi connectivity index (χ1v) is 10.1. The lowest BCUT2D eigenvalue weighted by Gasteiger charge is -2.34. The minimum absolute atomic E-state index is 0.204. The number of alkyl halides is 3. The van der Waals surface area contributed by atoms with Gasteiger partial charge in [-0.05, 0) is 33.6 Å². The van der Waals surface area contributed by atoms with Gasteiger partial charge in [-0.2, -0.15) is 13.2 Å². The maximum Gasteiger partial charge on any atom is 0.419 e. The maximum atomic E-state index is 12.6. The number of hydrogen-bond acceptors (Lipinski definition) is 5. The van der Waals surface area contributed by atoms with Crippen molar-refractivity contribution in [1.29, 1.82) is 0 Å². The minimum Gasteiger partial charge on any atom is -0.465 e. The summed E-state index contributed by atoms with van der Waals surface area (Å²) >= 11 is 0. The highest BCUT2D eigenvalue weighted by Gasteiger charge is 2.32. The molecule has 9 nitrogen and oxygen atoms in total. The average molecular weight is 446 g/mol. The average Bonchev–Trinajstić information content (AvgIpc) is 2.68. The van der Waals surface area contributed by atoms with E-state index < -0.39 is 23.4 Å². The second-order valence-corrected chi connectivity index (χ2v) is 8.29. The van der Waals surface area contributed by atoms with Gasteiger partial charge in [0.15, 0.2) is 0 Å². The first kappa shape index (κ1) is 24.5. The first-order chi connectivity index (χ1) is 14.4. The van der Waals surface area contributed by atoms with Crippen molar-refractivity contribution in [2.75, 3.05) is 44.2 Å². The van der Waals surface area contributed by atoms with E-state index in [4.69, 9.17) is 0 Å². The summed E-state index contributed by atoms with van der Waals surface area (Å²) in [5, 5.41) is 12.1. The Morgan fingerprint density at radius 3 is 2.16 bits per heavy atom. The summed E-state index contributed by atoms with van der Waals surface area (Å²) in [7, 11) is 0. The molecule has 12 heteroatoms. The van der Waals surface area contributed by atoms with Gasteiger partial charge in [-0.1, -0.05) is 0 Å². The highest BCUT2D eigenvalue weighted by atomic mass is 19.4. The Hall–Kier alpha value is -2.79. The third-order valence-electron chi connectivity index (χ3n) is 4.94. The molecule has 1 aliphatic rings. The molecule has 1 aromatic rings. The zero-order valence-corrected chi connectivity index (χ0v) is 17.9. The monoisotopic (exact) mass is 446 g/mol. The van der Waals surface area contributed by atoms with Crippen LogP contribution in [-0.2, 0) is 6.18 Å². The number of unbranched alkanes of at least 4 members (excludes halogenated alkanes) is 1. The van der Waals surface area contributed by atoms with E-state index in [9.17, 15) is 27.9 Å². The lowest BCUT2D eigenvalue weighted by atomic mass is 10.1. The second-order valence-electron chi connectivity index (χ2n) is 8.29. The number of rotatable bonds is 6. The van der Waals surface area contributed by atoms with Crippen LogP contribution in [0, 0.1) is 0 Å². The molecular weight excluding hydrogens is 417 g/mol. The molecule has 1 fully saturated rings. The fourth-order valence-electron chi connectivity index (χ4n) is 3.16. The molecule has 2 N–H and O–H groups in total. The van der Waals surface area contributed by atoms with Crippen molar-refractivity contribution in [3.8, 4) is 0 Å². The van der Waals surface area contributed by atoms with Crippen LogP contribution < -0.4 is 10.2 Å². The molecule has 0 unspecified atom stereocenters. The van der Waals surface area contributed by atoms with E-state index in [0.717, 1.165) is 12.4 Å². The second kappa shape index (κ2) is 10.0. The van der Waals surface area contributed by atoms with E-state index in [1.807, 2.05) is 20.8 Å². The predicted octanol–water partition coefficient (Wildman–Crippen LogP) is 2.89. The number of amides is 3. The van der Waals surface area contributed by atoms with Crippen molar-refractivity contribution in [3.05, 3.63) is 18.0 Å². The number of aromatic nitrogens is 2. The van der Waals surface area contributed by atoms with Crippen LogP contribution in [0.25, 0.3) is 0 Å². The summed E-state index contributed by atoms with van der Waals surface area (Å²) in [6.45, 7) is 7.93. The van der Waals surface area contributed by atoms with Crippen LogP contribution in [0.1, 0.15) is 39.2 Å². The topological polar surface area (TPSA) is 102 Å². The number of urea groups is 1. The quantitative estimate of drug-likeness (QED) is 0.652. The number of nitrogens with zero attached hydrogens (tertiary/aromatic N) is 5. The molecule has 1 aliphatic heterocycles. The van der Waals surface area contributed by atoms with Crippen LogP contribution in [0.5, 0.6) is 0 Å². The third kappa shape index (κ3) is 7.14. The normalized spacial score (nSPS) is 15.0. The standard InChI is InChI=1S/C19H29F3N6O3/c1-18(2,3)28(17(30)31)7-5-4-6-23-16(29)27-10-8-26(9-11-27)15-24-12-14(13-25-15)19(20,21)22/h12-13H,4-11H2,1-3H3,(H,23,29)(H,30,31). The fraction of sp³-hybridized carbons (Fsp3) is 0.684. The number of halogens is 3. The van der Waals surface area contributed by atoms with Gasteiger partial charge in [0.2, 0.25) is 5.95 Å². The summed E-state index contributed by atoms with van der Waals surface area (Å²) in [4.78, 5) is 35.9. The molecular formula is C19H29F3N6O3. The first-order valence-electron chi connectivity index (χ1n) is 10.1. The van der Waals surface area contributed by atoms with E-state index in [1.54, 1.807) is 9.80 Å². The van der Waals surface area contributed by atoms with Gasteiger partial charge in [0.05, 0.1) is 5.56 Å². The summed E-state index contributed by atoms with van der Waals surface area (Å²) in [6.07, 6.45) is -2.66. The summed E-state index contributed by atoms with van der Waals surface area (Å²) in [5.74, 6) is 0.204. The van der Waals surface area contributed by atoms with E-state index in [2.05, 4.69) is 15.3 Å². The SMILES string of the molecule is CC(C)(C)N(CCCCNC(=O)N1CCN(c2ncc(C(F)(F)F)cn2)CC1)C(=O)O. The number of piperazine rings is 1. The molecule has 0 aliphatic carbocycles. The van der Waals surface area contributed by atoms with Gasteiger partial charge in [-0.3, -0.25) is 0 Å². The van der Waals surface area contributed by atoms with E-state index in [-0.39, 0.29) is 12.0 Å². The van der Waals surface area contributed by atoms with Gasteiger partial charge in [0.1, 0.15) is 0 Å². The molecule has 0 aromatic carbocycles. The van der Waals surface area contributed by atoms with Crippen LogP contribution in [-0.4, -0.2) is 81.8 Å². The number of hydrogen-bond donors (Lipinski definition) is 2. The van der Waals surface area contributed by atoms with Crippen LogP contribution >= 0.6 is 0 Å².